The normalized spacial score (nSPS) is 12.8. The van der Waals surface area contributed by atoms with Gasteiger partial charge < -0.3 is 20.2 Å². The molecule has 9 aromatic carbocycles. The Kier molecular flexibility index (Phi) is 29.8. The van der Waals surface area contributed by atoms with Crippen molar-refractivity contribution >= 4 is 62.8 Å². The van der Waals surface area contributed by atoms with Crippen molar-refractivity contribution in [1.29, 1.82) is 0 Å². The third-order valence-electron chi connectivity index (χ3n) is 20.6. The van der Waals surface area contributed by atoms with Crippen molar-refractivity contribution in [3.05, 3.63) is 265 Å². The first-order valence-corrected chi connectivity index (χ1v) is 44.4. The number of benzene rings is 9. The molecule has 0 fully saturated rings. The maximum absolute atomic E-state index is 12.4. The van der Waals surface area contributed by atoms with E-state index in [9.17, 15) is 10.2 Å². The molecule has 11 aromatic rings. The number of phenolic OH excluding ortho intramolecular Hbond substituents is 2. The van der Waals surface area contributed by atoms with Crippen LogP contribution in [-0.4, -0.2) is 19.0 Å². The molecule has 0 saturated carbocycles. The number of halogens is 2. The zero-order valence-electron chi connectivity index (χ0n) is 68.6. The number of aromatic hydroxyl groups is 2. The van der Waals surface area contributed by atoms with E-state index in [1.54, 1.807) is 0 Å². The SMILES string of the molecule is Cc1c(Br)cc2ccccc2c1-c1c(O)c(Br)cc2c1CCCC2.Cc1cc(C)c(-c2cc3c(c(-c4c(O)c(-c5c(C)cc(C)cc5C)cc5c4CCCC5)c2C)CCCC3)c(C)c1.Cc1ccc(C)[n-]1.Cc1ccc(C)[n-]1.Cc1cccc(C)c1[N]=[Mo]=[CH]C(C)(C)C.Cc1cccc(C)c1[N]=[Mo]=[CH]C(C)(C)C. The molecule has 3 aliphatic rings. The van der Waals surface area contributed by atoms with E-state index in [4.69, 9.17) is 6.99 Å². The van der Waals surface area contributed by atoms with Gasteiger partial charge in [-0.2, -0.15) is 22.8 Å². The second-order valence-electron chi connectivity index (χ2n) is 32.6. The number of hydrogen-bond donors (Lipinski definition) is 2. The average Bonchev–Trinajstić information content (AvgIpc) is 0.787. The summed E-state index contributed by atoms with van der Waals surface area (Å²) in [5.41, 5.74) is 40.9. The summed E-state index contributed by atoms with van der Waals surface area (Å²) < 4.78 is 16.2. The monoisotopic (exact) mass is 1730 g/mol. The Hall–Kier alpha value is -6.92. The minimum absolute atomic E-state index is 0.308. The van der Waals surface area contributed by atoms with E-state index >= 15 is 0 Å². The van der Waals surface area contributed by atoms with E-state index < -0.39 is 0 Å². The molecule has 3 aliphatic carbocycles. The van der Waals surface area contributed by atoms with E-state index in [1.807, 2.05) is 52.0 Å². The van der Waals surface area contributed by atoms with Gasteiger partial charge in [-0.3, -0.25) is 0 Å². The van der Waals surface area contributed by atoms with E-state index in [-0.39, 0.29) is 35.8 Å². The fourth-order valence-electron chi connectivity index (χ4n) is 15.6. The van der Waals surface area contributed by atoms with Crippen LogP contribution in [0, 0.1) is 122 Å². The van der Waals surface area contributed by atoms with Gasteiger partial charge in [-0.15, -0.1) is 0 Å². The molecule has 14 rings (SSSR count). The van der Waals surface area contributed by atoms with E-state index in [1.165, 1.54) is 183 Å². The average molecular weight is 1730 g/mol. The first-order chi connectivity index (χ1) is 51.1. The van der Waals surface area contributed by atoms with Crippen molar-refractivity contribution in [1.82, 2.24) is 9.97 Å². The van der Waals surface area contributed by atoms with Crippen molar-refractivity contribution in [3.63, 3.8) is 0 Å². The van der Waals surface area contributed by atoms with Crippen molar-refractivity contribution in [3.8, 4) is 56.0 Å². The molecule has 0 radical (unpaired) electrons. The van der Waals surface area contributed by atoms with Gasteiger partial charge in [0, 0.05) is 21.2 Å². The van der Waals surface area contributed by atoms with Gasteiger partial charge in [-0.05, 0) is 272 Å². The summed E-state index contributed by atoms with van der Waals surface area (Å²) in [6.07, 6.45) is 13.8. The topological polar surface area (TPSA) is 93.4 Å². The summed E-state index contributed by atoms with van der Waals surface area (Å²) in [7, 11) is 0. The van der Waals surface area contributed by atoms with Crippen LogP contribution in [0.4, 0.5) is 11.4 Å². The minimum atomic E-state index is -0.355. The first-order valence-electron chi connectivity index (χ1n) is 38.7. The van der Waals surface area contributed by atoms with E-state index in [0.717, 1.165) is 92.5 Å². The quantitative estimate of drug-likeness (QED) is 0.162. The van der Waals surface area contributed by atoms with Crippen molar-refractivity contribution in [2.45, 2.75) is 229 Å². The van der Waals surface area contributed by atoms with E-state index in [2.05, 4.69) is 284 Å². The van der Waals surface area contributed by atoms with Crippen LogP contribution < -0.4 is 9.97 Å². The van der Waals surface area contributed by atoms with Crippen molar-refractivity contribution < 1.29 is 46.1 Å². The van der Waals surface area contributed by atoms with Gasteiger partial charge in [-0.1, -0.05) is 134 Å². The van der Waals surface area contributed by atoms with Crippen LogP contribution in [0.25, 0.3) is 55.3 Å². The maximum atomic E-state index is 12.4. The molecule has 0 aliphatic heterocycles. The van der Waals surface area contributed by atoms with Crippen LogP contribution in [0.5, 0.6) is 11.5 Å². The van der Waals surface area contributed by atoms with Gasteiger partial charge in [0.15, 0.2) is 0 Å². The molecule has 6 nitrogen and oxygen atoms in total. The van der Waals surface area contributed by atoms with Gasteiger partial charge in [0.25, 0.3) is 0 Å². The Morgan fingerprint density at radius 1 is 0.352 bits per heavy atom. The number of aromatic nitrogens is 2. The van der Waals surface area contributed by atoms with Gasteiger partial charge >= 0.3 is 202 Å². The number of phenols is 2. The third-order valence-corrected chi connectivity index (χ3v) is 27.4. The molecule has 0 saturated heterocycles. The standard InChI is InChI=1S/C39H44O.C21H18Br2O.2C8H9N.2C6H8N.2C5H10.2Mo/c1-22-16-24(3)35(25(4)17-22)33-20-29-12-8-10-14-31(29)37(28(33)7)38-32-15-11-9-13-30(32)21-34(39(38)40)36-26(5)18-23(2)19-27(36)6;1-12-17(22)10-13-6-2-4-8-15(13)19(12)20-16-9-5-3-7-14(16)11-18(23)21(20)24;2*1-6-4-3-5-7(2)8(6)9;2*1-5-3-4-6(2)7-5;2*1-5(2,3)4;;/h16-21,40H,8-15H2,1-7H3;2,4,6,8,10-11,24H,3,5,7,9H2,1H3;2*3-5H,1-2H3;2*3-4H,1-2H3;2*1H,2-4H3;;/q;;;;2*-1;;;;. The van der Waals surface area contributed by atoms with E-state index in [0.29, 0.717) is 22.3 Å². The molecule has 0 unspecified atom stereocenters. The van der Waals surface area contributed by atoms with Gasteiger partial charge in [0.2, 0.25) is 0 Å². The predicted molar refractivity (Wildman–Crippen MR) is 464 cm³/mol. The Labute approximate surface area is 681 Å². The number of aryl methyl sites for hydroxylation is 17. The molecule has 0 amide bonds. The summed E-state index contributed by atoms with van der Waals surface area (Å²) in [5.74, 6) is 0.850. The molecule has 0 atom stereocenters. The zero-order valence-corrected chi connectivity index (χ0v) is 75.8. The van der Waals surface area contributed by atoms with Crippen molar-refractivity contribution in [2.24, 2.45) is 17.8 Å². The Morgan fingerprint density at radius 2 is 0.713 bits per heavy atom. The number of nitrogens with zero attached hydrogens (tertiary/aromatic N) is 4. The molecule has 2 aromatic heterocycles. The molecule has 568 valence electrons. The Bertz CT molecular complexity index is 4860. The molecule has 2 heterocycles. The van der Waals surface area contributed by atoms with Crippen LogP contribution in [0.15, 0.2) is 149 Å². The second-order valence-corrected chi connectivity index (χ2v) is 37.4. The summed E-state index contributed by atoms with van der Waals surface area (Å²) in [5, 5.41) is 25.7. The van der Waals surface area contributed by atoms with Crippen LogP contribution in [0.2, 0.25) is 0 Å². The first kappa shape index (κ1) is 85.1. The van der Waals surface area contributed by atoms with Crippen LogP contribution in [0.1, 0.15) is 203 Å². The molecule has 2 N–H and O–H groups in total. The second kappa shape index (κ2) is 37.9. The molecular formula is C98H116Br2Mo2N4O2-2. The fraction of sp³-hybridized carbons (Fsp3) is 0.367. The summed E-state index contributed by atoms with van der Waals surface area (Å²) in [4.78, 5) is 8.22. The Morgan fingerprint density at radius 3 is 1.11 bits per heavy atom. The fourth-order valence-corrected chi connectivity index (χ4v) is 20.3. The van der Waals surface area contributed by atoms with Crippen molar-refractivity contribution in [2.75, 3.05) is 0 Å². The molecule has 0 bridgehead atoms. The molecular weight excluding hydrogens is 1620 g/mol. The third kappa shape index (κ3) is 21.8. The molecule has 0 spiro atoms. The van der Waals surface area contributed by atoms with Crippen LogP contribution in [-0.2, 0) is 74.4 Å². The summed E-state index contributed by atoms with van der Waals surface area (Å²) >= 11 is 6.57. The van der Waals surface area contributed by atoms with Crippen LogP contribution >= 0.6 is 31.9 Å². The number of hydrogen-bond acceptors (Lipinski definition) is 4. The van der Waals surface area contributed by atoms with Crippen LogP contribution in [0.3, 0.4) is 0 Å². The van der Waals surface area contributed by atoms with Gasteiger partial charge in [0.05, 0.1) is 4.47 Å². The van der Waals surface area contributed by atoms with Gasteiger partial charge in [0.1, 0.15) is 11.5 Å². The zero-order chi connectivity index (χ0) is 78.6. The molecule has 10 heteroatoms. The predicted octanol–water partition coefficient (Wildman–Crippen LogP) is 27.9. The van der Waals surface area contributed by atoms with Gasteiger partial charge in [-0.25, -0.2) is 0 Å². The number of rotatable bonds is 6. The number of fused-ring (bicyclic) bond motifs is 4. The Balaban J connectivity index is 0.000000168. The summed E-state index contributed by atoms with van der Waals surface area (Å²) in [6.45, 7) is 47.6. The molecule has 108 heavy (non-hydrogen) atoms. The summed E-state index contributed by atoms with van der Waals surface area (Å²) in [6, 6.07) is 47.4.